The van der Waals surface area contributed by atoms with Crippen molar-refractivity contribution in [2.75, 3.05) is 19.7 Å². The summed E-state index contributed by atoms with van der Waals surface area (Å²) in [6, 6.07) is 12.0. The van der Waals surface area contributed by atoms with Gasteiger partial charge in [0.1, 0.15) is 4.90 Å². The first-order valence-corrected chi connectivity index (χ1v) is 11.2. The molecule has 10 heteroatoms. The van der Waals surface area contributed by atoms with Crippen LogP contribution in [0, 0.1) is 5.92 Å². The molecule has 0 bridgehead atoms. The summed E-state index contributed by atoms with van der Waals surface area (Å²) in [5.74, 6) is -2.27. The number of hydrogen-bond acceptors (Lipinski definition) is 7. The highest BCUT2D eigenvalue weighted by molar-refractivity contribution is 7.89. The quantitative estimate of drug-likeness (QED) is 0.629. The smallest absolute Gasteiger partial charge is 0.309 e. The molecule has 164 valence electrons. The molecule has 1 aromatic heterocycles. The van der Waals surface area contributed by atoms with Crippen LogP contribution in [-0.4, -0.2) is 55.2 Å². The number of benzene rings is 1. The van der Waals surface area contributed by atoms with E-state index in [0.29, 0.717) is 0 Å². The first kappa shape index (κ1) is 22.6. The molecule has 1 fully saturated rings. The Labute approximate surface area is 180 Å². The van der Waals surface area contributed by atoms with Crippen LogP contribution in [0.1, 0.15) is 18.4 Å². The maximum absolute atomic E-state index is 12.6. The molecule has 0 unspecified atom stereocenters. The normalized spacial score (nSPS) is 15.2. The summed E-state index contributed by atoms with van der Waals surface area (Å²) < 4.78 is 31.5. The second-order valence-corrected chi connectivity index (χ2v) is 9.05. The number of amides is 2. The van der Waals surface area contributed by atoms with Crippen molar-refractivity contribution >= 4 is 27.8 Å². The molecule has 1 aliphatic rings. The lowest BCUT2D eigenvalue weighted by Crippen LogP contribution is -2.41. The molecule has 1 aromatic carbocycles. The first-order valence-electron chi connectivity index (χ1n) is 9.79. The lowest BCUT2D eigenvalue weighted by atomic mass is 9.98. The van der Waals surface area contributed by atoms with Crippen molar-refractivity contribution in [2.45, 2.75) is 24.2 Å². The maximum atomic E-state index is 12.6. The van der Waals surface area contributed by atoms with Crippen molar-refractivity contribution in [1.82, 2.24) is 14.6 Å². The molecule has 2 heterocycles. The summed E-state index contributed by atoms with van der Waals surface area (Å²) in [5.41, 5.74) is 0.762. The van der Waals surface area contributed by atoms with E-state index in [0.717, 1.165) is 5.56 Å². The Morgan fingerprint density at radius 3 is 2.39 bits per heavy atom. The fraction of sp³-hybridized carbons (Fsp3) is 0.333. The number of piperidine rings is 1. The molecule has 0 atom stereocenters. The van der Waals surface area contributed by atoms with Crippen LogP contribution in [0.15, 0.2) is 59.8 Å². The molecular weight excluding hydrogens is 422 g/mol. The van der Waals surface area contributed by atoms with E-state index < -0.39 is 40.3 Å². The molecule has 3 rings (SSSR count). The molecule has 0 aliphatic carbocycles. The lowest BCUT2D eigenvalue weighted by Gasteiger charge is -2.29. The Morgan fingerprint density at radius 2 is 1.74 bits per heavy atom. The predicted octanol–water partition coefficient (Wildman–Crippen LogP) is 0.911. The Morgan fingerprint density at radius 1 is 1.03 bits per heavy atom. The highest BCUT2D eigenvalue weighted by Gasteiger charge is 2.33. The SMILES string of the molecule is O=C(COC(=O)C1CCN(S(=O)(=O)c2cccnc2)CC1)NC(=O)Cc1ccccc1. The van der Waals surface area contributed by atoms with Gasteiger partial charge < -0.3 is 4.74 Å². The minimum Gasteiger partial charge on any atom is -0.455 e. The Balaban J connectivity index is 1.42. The first-order chi connectivity index (χ1) is 14.9. The molecule has 31 heavy (non-hydrogen) atoms. The third-order valence-electron chi connectivity index (χ3n) is 4.89. The lowest BCUT2D eigenvalue weighted by molar-refractivity contribution is -0.154. The fourth-order valence-corrected chi connectivity index (χ4v) is 4.69. The van der Waals surface area contributed by atoms with Gasteiger partial charge in [-0.25, -0.2) is 8.42 Å². The minimum absolute atomic E-state index is 0.0460. The number of aromatic nitrogens is 1. The van der Waals surface area contributed by atoms with Crippen LogP contribution in [0.5, 0.6) is 0 Å². The molecule has 9 nitrogen and oxygen atoms in total. The number of carbonyl (C=O) groups excluding carboxylic acids is 3. The largest absolute Gasteiger partial charge is 0.455 e. The van der Waals surface area contributed by atoms with Crippen molar-refractivity contribution in [3.8, 4) is 0 Å². The second kappa shape index (κ2) is 10.3. The average Bonchev–Trinajstić information content (AvgIpc) is 2.78. The van der Waals surface area contributed by atoms with E-state index in [1.54, 1.807) is 30.3 Å². The van der Waals surface area contributed by atoms with Gasteiger partial charge in [0.25, 0.3) is 5.91 Å². The van der Waals surface area contributed by atoms with Gasteiger partial charge in [-0.1, -0.05) is 30.3 Å². The number of hydrogen-bond donors (Lipinski definition) is 1. The average molecular weight is 445 g/mol. The van der Waals surface area contributed by atoms with Gasteiger partial charge in [0.2, 0.25) is 15.9 Å². The molecule has 0 saturated carbocycles. The van der Waals surface area contributed by atoms with E-state index in [2.05, 4.69) is 10.3 Å². The molecule has 2 aromatic rings. The summed E-state index contributed by atoms with van der Waals surface area (Å²) in [6.07, 6.45) is 3.39. The van der Waals surface area contributed by atoms with Crippen LogP contribution in [0.2, 0.25) is 0 Å². The highest BCUT2D eigenvalue weighted by Crippen LogP contribution is 2.24. The zero-order chi connectivity index (χ0) is 22.3. The maximum Gasteiger partial charge on any atom is 0.309 e. The molecule has 1 saturated heterocycles. The van der Waals surface area contributed by atoms with Gasteiger partial charge in [0, 0.05) is 25.5 Å². The van der Waals surface area contributed by atoms with E-state index in [9.17, 15) is 22.8 Å². The van der Waals surface area contributed by atoms with Crippen LogP contribution >= 0.6 is 0 Å². The van der Waals surface area contributed by atoms with Crippen LogP contribution in [-0.2, 0) is 35.6 Å². The fourth-order valence-electron chi connectivity index (χ4n) is 3.25. The van der Waals surface area contributed by atoms with Crippen molar-refractivity contribution in [1.29, 1.82) is 0 Å². The number of nitrogens with one attached hydrogen (secondary N) is 1. The van der Waals surface area contributed by atoms with Crippen molar-refractivity contribution in [3.63, 3.8) is 0 Å². The van der Waals surface area contributed by atoms with Gasteiger partial charge in [0.05, 0.1) is 12.3 Å². The summed E-state index contributed by atoms with van der Waals surface area (Å²) in [5, 5.41) is 2.18. The zero-order valence-electron chi connectivity index (χ0n) is 16.8. The molecule has 0 radical (unpaired) electrons. The molecular formula is C21H23N3O6S. The van der Waals surface area contributed by atoms with Crippen LogP contribution in [0.25, 0.3) is 0 Å². The van der Waals surface area contributed by atoms with Crippen molar-refractivity contribution in [2.24, 2.45) is 5.92 Å². The third-order valence-corrected chi connectivity index (χ3v) is 6.77. The van der Waals surface area contributed by atoms with Crippen molar-refractivity contribution < 1.29 is 27.5 Å². The van der Waals surface area contributed by atoms with Gasteiger partial charge in [-0.05, 0) is 30.5 Å². The van der Waals surface area contributed by atoms with E-state index in [4.69, 9.17) is 4.74 Å². The number of ether oxygens (including phenoxy) is 1. The van der Waals surface area contributed by atoms with Gasteiger partial charge >= 0.3 is 5.97 Å². The van der Waals surface area contributed by atoms with Crippen LogP contribution in [0.3, 0.4) is 0 Å². The van der Waals surface area contributed by atoms with E-state index in [1.165, 1.54) is 22.8 Å². The Hall–Kier alpha value is -3.11. The van der Waals surface area contributed by atoms with E-state index in [-0.39, 0.29) is 37.2 Å². The standard InChI is InChI=1S/C21H23N3O6S/c25-19(13-16-5-2-1-3-6-16)23-20(26)15-30-21(27)17-8-11-24(12-9-17)31(28,29)18-7-4-10-22-14-18/h1-7,10,14,17H,8-9,11-13,15H2,(H,23,25,26). The molecule has 1 aliphatic heterocycles. The molecule has 0 spiro atoms. The number of rotatable bonds is 7. The van der Waals surface area contributed by atoms with Crippen LogP contribution in [0.4, 0.5) is 0 Å². The van der Waals surface area contributed by atoms with Crippen molar-refractivity contribution in [3.05, 3.63) is 60.4 Å². The minimum atomic E-state index is -3.66. The Kier molecular flexibility index (Phi) is 7.48. The number of nitrogens with zero attached hydrogens (tertiary/aromatic N) is 2. The van der Waals surface area contributed by atoms with Crippen LogP contribution < -0.4 is 5.32 Å². The Bertz CT molecular complexity index is 1020. The summed E-state index contributed by atoms with van der Waals surface area (Å²) in [7, 11) is -3.66. The summed E-state index contributed by atoms with van der Waals surface area (Å²) in [4.78, 5) is 39.9. The topological polar surface area (TPSA) is 123 Å². The summed E-state index contributed by atoms with van der Waals surface area (Å²) in [6.45, 7) is -0.231. The van der Waals surface area contributed by atoms with E-state index >= 15 is 0 Å². The molecule has 1 N–H and O–H groups in total. The predicted molar refractivity (Wildman–Crippen MR) is 110 cm³/mol. The number of imide groups is 1. The third kappa shape index (κ3) is 6.19. The number of carbonyl (C=O) groups is 3. The second-order valence-electron chi connectivity index (χ2n) is 7.11. The zero-order valence-corrected chi connectivity index (χ0v) is 17.6. The van der Waals surface area contributed by atoms with E-state index in [1.807, 2.05) is 6.07 Å². The van der Waals surface area contributed by atoms with Gasteiger partial charge in [-0.3, -0.25) is 24.7 Å². The number of esters is 1. The summed E-state index contributed by atoms with van der Waals surface area (Å²) >= 11 is 0. The number of pyridine rings is 1. The van der Waals surface area contributed by atoms with Gasteiger partial charge in [-0.15, -0.1) is 0 Å². The monoisotopic (exact) mass is 445 g/mol. The highest BCUT2D eigenvalue weighted by atomic mass is 32.2. The van der Waals surface area contributed by atoms with Gasteiger partial charge in [-0.2, -0.15) is 4.31 Å². The molecule has 2 amide bonds. The van der Waals surface area contributed by atoms with Gasteiger partial charge in [0.15, 0.2) is 6.61 Å². The number of sulfonamides is 1.